The number of methoxy groups -OCH3 is 1. The molecule has 3 rings (SSSR count). The normalized spacial score (nSPS) is 10.3. The number of nitrogens with one attached hydrogen (secondary N) is 1. The molecule has 6 nitrogen and oxygen atoms in total. The van der Waals surface area contributed by atoms with Crippen LogP contribution in [-0.2, 0) is 11.3 Å². The Morgan fingerprint density at radius 2 is 1.80 bits per heavy atom. The maximum absolute atomic E-state index is 11.9. The van der Waals surface area contributed by atoms with Crippen LogP contribution in [0.4, 0.5) is 0 Å². The van der Waals surface area contributed by atoms with Gasteiger partial charge in [0.1, 0.15) is 17.2 Å². The number of benzene rings is 2. The van der Waals surface area contributed by atoms with Gasteiger partial charge in [0.25, 0.3) is 5.91 Å². The Kier molecular flexibility index (Phi) is 5.31. The first-order chi connectivity index (χ1) is 12.2. The predicted molar refractivity (Wildman–Crippen MR) is 92.3 cm³/mol. The second-order valence-electron chi connectivity index (χ2n) is 5.29. The van der Waals surface area contributed by atoms with Gasteiger partial charge >= 0.3 is 0 Å². The van der Waals surface area contributed by atoms with Crippen molar-refractivity contribution in [2.24, 2.45) is 0 Å². The van der Waals surface area contributed by atoms with E-state index in [1.807, 2.05) is 30.3 Å². The Hall–Kier alpha value is -3.28. The molecule has 0 bridgehead atoms. The minimum atomic E-state index is -0.236. The highest BCUT2D eigenvalue weighted by atomic mass is 16.5. The summed E-state index contributed by atoms with van der Waals surface area (Å²) in [7, 11) is 1.59. The molecule has 0 aliphatic heterocycles. The Bertz CT molecular complexity index is 813. The van der Waals surface area contributed by atoms with Gasteiger partial charge in [-0.05, 0) is 24.3 Å². The van der Waals surface area contributed by atoms with E-state index in [-0.39, 0.29) is 19.1 Å². The number of nitrogens with zero attached hydrogens (tertiary/aromatic N) is 1. The summed E-state index contributed by atoms with van der Waals surface area (Å²) < 4.78 is 15.8. The third-order valence-corrected chi connectivity index (χ3v) is 3.51. The van der Waals surface area contributed by atoms with E-state index in [0.717, 1.165) is 11.3 Å². The van der Waals surface area contributed by atoms with Crippen molar-refractivity contribution in [2.75, 3.05) is 13.7 Å². The lowest BCUT2D eigenvalue weighted by molar-refractivity contribution is -0.123. The Morgan fingerprint density at radius 3 is 2.52 bits per heavy atom. The fourth-order valence-corrected chi connectivity index (χ4v) is 2.19. The minimum Gasteiger partial charge on any atom is -0.497 e. The lowest BCUT2D eigenvalue weighted by Gasteiger charge is -2.07. The Balaban J connectivity index is 1.46. The molecule has 2 aromatic carbocycles. The fourth-order valence-electron chi connectivity index (χ4n) is 2.19. The zero-order valence-electron chi connectivity index (χ0n) is 13.8. The summed E-state index contributed by atoms with van der Waals surface area (Å²) >= 11 is 0. The van der Waals surface area contributed by atoms with Gasteiger partial charge in [-0.2, -0.15) is 0 Å². The molecule has 0 saturated carbocycles. The minimum absolute atomic E-state index is 0.0737. The summed E-state index contributed by atoms with van der Waals surface area (Å²) in [5.74, 6) is 1.76. The van der Waals surface area contributed by atoms with E-state index in [2.05, 4.69) is 10.5 Å². The molecule has 1 aromatic heterocycles. The quantitative estimate of drug-likeness (QED) is 0.717. The second-order valence-corrected chi connectivity index (χ2v) is 5.29. The average molecular weight is 338 g/mol. The van der Waals surface area contributed by atoms with Gasteiger partial charge < -0.3 is 19.3 Å². The molecule has 1 heterocycles. The Labute approximate surface area is 145 Å². The van der Waals surface area contributed by atoms with Gasteiger partial charge in [0.05, 0.1) is 13.7 Å². The fraction of sp³-hybridized carbons (Fsp3) is 0.158. The molecule has 0 atom stereocenters. The first kappa shape index (κ1) is 16.6. The van der Waals surface area contributed by atoms with Crippen molar-refractivity contribution >= 4 is 5.91 Å². The van der Waals surface area contributed by atoms with Gasteiger partial charge in [-0.15, -0.1) is 0 Å². The summed E-state index contributed by atoms with van der Waals surface area (Å²) in [6.45, 7) is 0.205. The van der Waals surface area contributed by atoms with Crippen LogP contribution < -0.4 is 14.8 Å². The van der Waals surface area contributed by atoms with Crippen LogP contribution in [0.25, 0.3) is 11.3 Å². The van der Waals surface area contributed by atoms with E-state index in [1.165, 1.54) is 0 Å². The molecule has 0 fully saturated rings. The number of hydrogen-bond donors (Lipinski definition) is 1. The lowest BCUT2D eigenvalue weighted by Crippen LogP contribution is -2.28. The van der Waals surface area contributed by atoms with Crippen molar-refractivity contribution in [1.82, 2.24) is 10.5 Å². The number of aromatic nitrogens is 1. The second kappa shape index (κ2) is 8.01. The van der Waals surface area contributed by atoms with Crippen LogP contribution in [0.5, 0.6) is 11.5 Å². The topological polar surface area (TPSA) is 73.6 Å². The molecule has 0 aliphatic rings. The lowest BCUT2D eigenvalue weighted by atomic mass is 10.2. The highest BCUT2D eigenvalue weighted by Gasteiger charge is 2.08. The molecule has 0 aliphatic carbocycles. The van der Waals surface area contributed by atoms with Gasteiger partial charge in [-0.1, -0.05) is 35.5 Å². The number of amides is 1. The smallest absolute Gasteiger partial charge is 0.258 e. The first-order valence-corrected chi connectivity index (χ1v) is 7.79. The van der Waals surface area contributed by atoms with E-state index in [9.17, 15) is 4.79 Å². The summed E-state index contributed by atoms with van der Waals surface area (Å²) in [5.41, 5.74) is 1.59. The SMILES string of the molecule is COc1ccc(OCC(=O)NCc2cc(-c3ccccc3)on2)cc1. The van der Waals surface area contributed by atoms with Crippen LogP contribution in [-0.4, -0.2) is 24.8 Å². The van der Waals surface area contributed by atoms with Crippen LogP contribution in [0.15, 0.2) is 65.2 Å². The van der Waals surface area contributed by atoms with Crippen LogP contribution >= 0.6 is 0 Å². The maximum atomic E-state index is 11.9. The number of hydrogen-bond acceptors (Lipinski definition) is 5. The van der Waals surface area contributed by atoms with Crippen molar-refractivity contribution in [1.29, 1.82) is 0 Å². The van der Waals surface area contributed by atoms with Gasteiger partial charge in [0.15, 0.2) is 12.4 Å². The largest absolute Gasteiger partial charge is 0.497 e. The summed E-state index contributed by atoms with van der Waals surface area (Å²) in [6.07, 6.45) is 0. The van der Waals surface area contributed by atoms with Crippen LogP contribution in [0, 0.1) is 0 Å². The first-order valence-electron chi connectivity index (χ1n) is 7.79. The third-order valence-electron chi connectivity index (χ3n) is 3.51. The number of ether oxygens (including phenoxy) is 2. The van der Waals surface area contributed by atoms with Gasteiger partial charge in [0, 0.05) is 11.6 Å². The van der Waals surface area contributed by atoms with Gasteiger partial charge in [0.2, 0.25) is 0 Å². The highest BCUT2D eigenvalue weighted by molar-refractivity contribution is 5.77. The summed E-state index contributed by atoms with van der Waals surface area (Å²) in [6, 6.07) is 18.5. The van der Waals surface area contributed by atoms with Crippen molar-refractivity contribution < 1.29 is 18.8 Å². The van der Waals surface area contributed by atoms with E-state index in [0.29, 0.717) is 17.2 Å². The highest BCUT2D eigenvalue weighted by Crippen LogP contribution is 2.19. The van der Waals surface area contributed by atoms with Gasteiger partial charge in [-0.3, -0.25) is 4.79 Å². The van der Waals surface area contributed by atoms with Crippen molar-refractivity contribution in [3.63, 3.8) is 0 Å². The number of carbonyl (C=O) groups is 1. The van der Waals surface area contributed by atoms with Crippen molar-refractivity contribution in [3.8, 4) is 22.8 Å². The third kappa shape index (κ3) is 4.60. The summed E-state index contributed by atoms with van der Waals surface area (Å²) in [4.78, 5) is 11.9. The molecule has 0 saturated heterocycles. The zero-order chi connectivity index (χ0) is 17.5. The average Bonchev–Trinajstić information content (AvgIpc) is 3.15. The number of rotatable bonds is 7. The van der Waals surface area contributed by atoms with Crippen molar-refractivity contribution in [3.05, 3.63) is 66.4 Å². The molecule has 0 spiro atoms. The zero-order valence-corrected chi connectivity index (χ0v) is 13.8. The molecule has 0 radical (unpaired) electrons. The van der Waals surface area contributed by atoms with E-state index >= 15 is 0 Å². The van der Waals surface area contributed by atoms with E-state index < -0.39 is 0 Å². The Morgan fingerprint density at radius 1 is 1.08 bits per heavy atom. The molecule has 3 aromatic rings. The molecule has 128 valence electrons. The van der Waals surface area contributed by atoms with Crippen molar-refractivity contribution in [2.45, 2.75) is 6.54 Å². The summed E-state index contributed by atoms with van der Waals surface area (Å²) in [5, 5.41) is 6.70. The predicted octanol–water partition coefficient (Wildman–Crippen LogP) is 3.05. The van der Waals surface area contributed by atoms with Crippen LogP contribution in [0.3, 0.4) is 0 Å². The van der Waals surface area contributed by atoms with Gasteiger partial charge in [-0.25, -0.2) is 0 Å². The standard InChI is InChI=1S/C19H18N2O4/c1-23-16-7-9-17(10-8-16)24-13-19(22)20-12-15-11-18(25-21-15)14-5-3-2-4-6-14/h2-11H,12-13H2,1H3,(H,20,22). The van der Waals surface area contributed by atoms with E-state index in [4.69, 9.17) is 14.0 Å². The molecular weight excluding hydrogens is 320 g/mol. The molecule has 0 unspecified atom stereocenters. The molecule has 1 amide bonds. The number of carbonyl (C=O) groups excluding carboxylic acids is 1. The molecule has 1 N–H and O–H groups in total. The molecule has 6 heteroatoms. The van der Waals surface area contributed by atoms with Crippen LogP contribution in [0.1, 0.15) is 5.69 Å². The monoisotopic (exact) mass is 338 g/mol. The maximum Gasteiger partial charge on any atom is 0.258 e. The molecular formula is C19H18N2O4. The van der Waals surface area contributed by atoms with Crippen LogP contribution in [0.2, 0.25) is 0 Å². The van der Waals surface area contributed by atoms with E-state index in [1.54, 1.807) is 37.4 Å². The molecule has 25 heavy (non-hydrogen) atoms.